The first-order valence-electron chi connectivity index (χ1n) is 5.99. The van der Waals surface area contributed by atoms with Gasteiger partial charge < -0.3 is 0 Å². The van der Waals surface area contributed by atoms with Gasteiger partial charge in [0.15, 0.2) is 0 Å². The summed E-state index contributed by atoms with van der Waals surface area (Å²) in [7, 11) is 0. The summed E-state index contributed by atoms with van der Waals surface area (Å²) in [6, 6.07) is 0. The van der Waals surface area contributed by atoms with Crippen molar-refractivity contribution in [2.75, 3.05) is 0 Å². The predicted molar refractivity (Wildman–Crippen MR) is 65.7 cm³/mol. The minimum atomic E-state index is 0.649. The van der Waals surface area contributed by atoms with Crippen molar-refractivity contribution in [1.82, 2.24) is 0 Å². The predicted octanol–water partition coefficient (Wildman–Crippen LogP) is 4.84. The van der Waals surface area contributed by atoms with E-state index in [9.17, 15) is 0 Å². The van der Waals surface area contributed by atoms with Crippen LogP contribution < -0.4 is 0 Å². The van der Waals surface area contributed by atoms with Gasteiger partial charge in [0.25, 0.3) is 0 Å². The summed E-state index contributed by atoms with van der Waals surface area (Å²) >= 11 is 4.49. The third-order valence-electron chi connectivity index (χ3n) is 2.61. The maximum Gasteiger partial charge on any atom is 0.00141 e. The van der Waals surface area contributed by atoms with Gasteiger partial charge >= 0.3 is 0 Å². The van der Waals surface area contributed by atoms with E-state index in [0.717, 1.165) is 0 Å². The molecule has 0 spiro atoms. The summed E-state index contributed by atoms with van der Waals surface area (Å²) in [5, 5.41) is 0.649. The largest absolute Gasteiger partial charge is 0.176 e. The van der Waals surface area contributed by atoms with Crippen molar-refractivity contribution in [2.24, 2.45) is 0 Å². The first-order chi connectivity index (χ1) is 6.31. The van der Waals surface area contributed by atoms with Crippen LogP contribution in [-0.4, -0.2) is 5.25 Å². The summed E-state index contributed by atoms with van der Waals surface area (Å²) < 4.78 is 0. The average Bonchev–Trinajstić information content (AvgIpc) is 2.16. The Hall–Kier alpha value is 0.350. The van der Waals surface area contributed by atoms with E-state index in [2.05, 4.69) is 26.5 Å². The minimum Gasteiger partial charge on any atom is -0.176 e. The molecule has 0 aliphatic carbocycles. The molecule has 0 aromatic heterocycles. The molecule has 0 aliphatic rings. The van der Waals surface area contributed by atoms with Crippen LogP contribution in [0, 0.1) is 0 Å². The Balaban J connectivity index is 2.91. The summed E-state index contributed by atoms with van der Waals surface area (Å²) in [5.74, 6) is 0. The molecule has 0 rings (SSSR count). The van der Waals surface area contributed by atoms with Crippen molar-refractivity contribution in [2.45, 2.75) is 76.9 Å². The molecule has 0 radical (unpaired) electrons. The maximum atomic E-state index is 4.49. The zero-order chi connectivity index (χ0) is 9.94. The molecule has 0 bridgehead atoms. The number of rotatable bonds is 9. The first-order valence-corrected chi connectivity index (χ1v) is 6.51. The van der Waals surface area contributed by atoms with Gasteiger partial charge in [0.1, 0.15) is 0 Å². The molecule has 0 fully saturated rings. The second kappa shape index (κ2) is 10.4. The second-order valence-electron chi connectivity index (χ2n) is 3.97. The quantitative estimate of drug-likeness (QED) is 0.401. The lowest BCUT2D eigenvalue weighted by atomic mass is 10.1. The highest BCUT2D eigenvalue weighted by Crippen LogP contribution is 2.13. The molecule has 1 heteroatoms. The molecule has 0 aromatic carbocycles. The molecule has 1 atom stereocenters. The van der Waals surface area contributed by atoms with Crippen LogP contribution in [0.3, 0.4) is 0 Å². The molecule has 0 amide bonds. The van der Waals surface area contributed by atoms with E-state index in [1.165, 1.54) is 57.8 Å². The normalized spacial score (nSPS) is 13.2. The fraction of sp³-hybridized carbons (Fsp3) is 1.00. The lowest BCUT2D eigenvalue weighted by Crippen LogP contribution is -1.95. The molecule has 80 valence electrons. The average molecular weight is 202 g/mol. The first kappa shape index (κ1) is 13.4. The van der Waals surface area contributed by atoms with Crippen LogP contribution in [0.25, 0.3) is 0 Å². The number of thiol groups is 1. The number of hydrogen-bond donors (Lipinski definition) is 1. The third-order valence-corrected chi connectivity index (χ3v) is 3.24. The highest BCUT2D eigenvalue weighted by molar-refractivity contribution is 7.80. The van der Waals surface area contributed by atoms with Gasteiger partial charge in [0, 0.05) is 5.25 Å². The summed E-state index contributed by atoms with van der Waals surface area (Å²) in [6.45, 7) is 4.49. The van der Waals surface area contributed by atoms with E-state index >= 15 is 0 Å². The van der Waals surface area contributed by atoms with E-state index < -0.39 is 0 Å². The molecule has 1 unspecified atom stereocenters. The van der Waals surface area contributed by atoms with Gasteiger partial charge in [-0.25, -0.2) is 0 Å². The molecule has 0 aromatic rings. The topological polar surface area (TPSA) is 0 Å². The molecule has 0 aliphatic heterocycles. The van der Waals surface area contributed by atoms with E-state index in [1.54, 1.807) is 0 Å². The third kappa shape index (κ3) is 10.3. The lowest BCUT2D eigenvalue weighted by Gasteiger charge is -2.06. The Morgan fingerprint density at radius 3 is 1.92 bits per heavy atom. The molecule has 0 nitrogen and oxygen atoms in total. The van der Waals surface area contributed by atoms with Crippen molar-refractivity contribution in [3.05, 3.63) is 0 Å². The van der Waals surface area contributed by atoms with Gasteiger partial charge in [-0.15, -0.1) is 0 Å². The zero-order valence-electron chi connectivity index (χ0n) is 9.39. The molecule has 13 heavy (non-hydrogen) atoms. The second-order valence-corrected chi connectivity index (χ2v) is 4.70. The molecule has 0 saturated carbocycles. The highest BCUT2D eigenvalue weighted by Gasteiger charge is 1.98. The van der Waals surface area contributed by atoms with Crippen molar-refractivity contribution < 1.29 is 0 Å². The van der Waals surface area contributed by atoms with Gasteiger partial charge in [-0.2, -0.15) is 12.6 Å². The maximum absolute atomic E-state index is 4.49. The number of unbranched alkanes of at least 4 members (excludes halogenated alkanes) is 6. The van der Waals surface area contributed by atoms with Crippen molar-refractivity contribution in [3.63, 3.8) is 0 Å². The Morgan fingerprint density at radius 2 is 1.38 bits per heavy atom. The summed E-state index contributed by atoms with van der Waals surface area (Å²) in [6.07, 6.45) is 12.4. The molecule has 0 N–H and O–H groups in total. The fourth-order valence-electron chi connectivity index (χ4n) is 1.54. The molecule has 0 saturated heterocycles. The molecule has 0 heterocycles. The van der Waals surface area contributed by atoms with E-state index in [1.807, 2.05) is 0 Å². The van der Waals surface area contributed by atoms with E-state index in [0.29, 0.717) is 5.25 Å². The Morgan fingerprint density at radius 1 is 0.846 bits per heavy atom. The Kier molecular flexibility index (Phi) is 10.7. The molecular formula is C12H26S. The van der Waals surface area contributed by atoms with Crippen LogP contribution in [0.4, 0.5) is 0 Å². The zero-order valence-corrected chi connectivity index (χ0v) is 10.3. The van der Waals surface area contributed by atoms with Gasteiger partial charge in [0.05, 0.1) is 0 Å². The standard InChI is InChI=1S/C12H26S/c1-3-5-6-7-8-9-10-11-12(13)4-2/h12-13H,3-11H2,1-2H3. The Labute approximate surface area is 89.9 Å². The summed E-state index contributed by atoms with van der Waals surface area (Å²) in [5.41, 5.74) is 0. The van der Waals surface area contributed by atoms with Gasteiger partial charge in [-0.05, 0) is 12.8 Å². The van der Waals surface area contributed by atoms with E-state index in [4.69, 9.17) is 0 Å². The van der Waals surface area contributed by atoms with Gasteiger partial charge in [-0.1, -0.05) is 58.8 Å². The van der Waals surface area contributed by atoms with Crippen LogP contribution >= 0.6 is 12.6 Å². The number of hydrogen-bond acceptors (Lipinski definition) is 1. The van der Waals surface area contributed by atoms with E-state index in [-0.39, 0.29) is 0 Å². The van der Waals surface area contributed by atoms with Gasteiger partial charge in [-0.3, -0.25) is 0 Å². The van der Waals surface area contributed by atoms with Crippen LogP contribution in [0.5, 0.6) is 0 Å². The minimum absolute atomic E-state index is 0.649. The van der Waals surface area contributed by atoms with Crippen molar-refractivity contribution in [3.8, 4) is 0 Å². The summed E-state index contributed by atoms with van der Waals surface area (Å²) in [4.78, 5) is 0. The lowest BCUT2D eigenvalue weighted by molar-refractivity contribution is 0.567. The van der Waals surface area contributed by atoms with Crippen LogP contribution in [0.1, 0.15) is 71.6 Å². The van der Waals surface area contributed by atoms with Crippen LogP contribution in [0.15, 0.2) is 0 Å². The van der Waals surface area contributed by atoms with Gasteiger partial charge in [0.2, 0.25) is 0 Å². The fourth-order valence-corrected chi connectivity index (χ4v) is 1.72. The SMILES string of the molecule is CCCCCCCCCC(S)CC. The van der Waals surface area contributed by atoms with Crippen LogP contribution in [-0.2, 0) is 0 Å². The smallest absolute Gasteiger partial charge is 0.00141 e. The Bertz CT molecular complexity index is 91.1. The molecular weight excluding hydrogens is 176 g/mol. The van der Waals surface area contributed by atoms with Crippen LogP contribution in [0.2, 0.25) is 0 Å². The monoisotopic (exact) mass is 202 g/mol. The van der Waals surface area contributed by atoms with Crippen molar-refractivity contribution >= 4 is 12.6 Å². The van der Waals surface area contributed by atoms with Crippen molar-refractivity contribution in [1.29, 1.82) is 0 Å². The highest BCUT2D eigenvalue weighted by atomic mass is 32.1.